The molecule has 2 N–H and O–H groups in total. The Hall–Kier alpha value is -1.71. The molecule has 0 bridgehead atoms. The molecule has 0 atom stereocenters. The summed E-state index contributed by atoms with van der Waals surface area (Å²) in [4.78, 5) is 10.5. The molecule has 0 aromatic heterocycles. The third-order valence-electron chi connectivity index (χ3n) is 2.46. The van der Waals surface area contributed by atoms with E-state index >= 15 is 0 Å². The highest BCUT2D eigenvalue weighted by Crippen LogP contribution is 2.18. The van der Waals surface area contributed by atoms with E-state index in [1.807, 2.05) is 24.3 Å². The van der Waals surface area contributed by atoms with Gasteiger partial charge in [0.1, 0.15) is 11.5 Å². The molecule has 4 heteroatoms. The van der Waals surface area contributed by atoms with E-state index in [9.17, 15) is 4.79 Å². The smallest absolute Gasteiger partial charge is 0.220 e. The van der Waals surface area contributed by atoms with Gasteiger partial charge in [-0.2, -0.15) is 0 Å². The summed E-state index contributed by atoms with van der Waals surface area (Å²) in [6.45, 7) is 3.22. The first-order chi connectivity index (χ1) is 8.72. The van der Waals surface area contributed by atoms with Crippen molar-refractivity contribution in [2.75, 3.05) is 13.2 Å². The topological polar surface area (TPSA) is 61.6 Å². The van der Waals surface area contributed by atoms with E-state index in [-0.39, 0.29) is 12.3 Å². The van der Waals surface area contributed by atoms with Gasteiger partial charge < -0.3 is 15.2 Å². The maximum absolute atomic E-state index is 10.5. The fourth-order valence-electron chi connectivity index (χ4n) is 1.44. The number of carbonyl (C=O) groups is 1. The molecule has 1 aromatic rings. The van der Waals surface area contributed by atoms with Crippen molar-refractivity contribution in [3.63, 3.8) is 0 Å². The Morgan fingerprint density at radius 3 is 2.11 bits per heavy atom. The number of amides is 1. The Bertz CT molecular complexity index is 349. The molecular formula is C14H21NO3. The van der Waals surface area contributed by atoms with Gasteiger partial charge in [0.15, 0.2) is 0 Å². The van der Waals surface area contributed by atoms with Crippen molar-refractivity contribution in [1.29, 1.82) is 0 Å². The minimum atomic E-state index is -0.356. The lowest BCUT2D eigenvalue weighted by Gasteiger charge is -2.08. The van der Waals surface area contributed by atoms with Crippen LogP contribution in [0.3, 0.4) is 0 Å². The summed E-state index contributed by atoms with van der Waals surface area (Å²) in [7, 11) is 0. The number of primary amides is 1. The summed E-state index contributed by atoms with van der Waals surface area (Å²) in [6.07, 6.45) is 3.69. The van der Waals surface area contributed by atoms with E-state index in [2.05, 4.69) is 6.92 Å². The zero-order valence-corrected chi connectivity index (χ0v) is 10.9. The predicted octanol–water partition coefficient (Wildman–Crippen LogP) is 2.51. The number of rotatable bonds is 9. The lowest BCUT2D eigenvalue weighted by Crippen LogP contribution is -2.14. The van der Waals surface area contributed by atoms with Crippen LogP contribution in [0, 0.1) is 0 Å². The molecule has 0 fully saturated rings. The fourth-order valence-corrected chi connectivity index (χ4v) is 1.44. The number of nitrogens with two attached hydrogens (primary N) is 1. The molecule has 0 aliphatic rings. The monoisotopic (exact) mass is 251 g/mol. The Kier molecular flexibility index (Phi) is 6.69. The van der Waals surface area contributed by atoms with Crippen molar-refractivity contribution in [1.82, 2.24) is 0 Å². The quantitative estimate of drug-likeness (QED) is 0.686. The molecule has 0 aliphatic carbocycles. The van der Waals surface area contributed by atoms with Crippen LogP contribution in [0.5, 0.6) is 11.5 Å². The Morgan fingerprint density at radius 1 is 1.06 bits per heavy atom. The maximum atomic E-state index is 10.5. The molecule has 0 radical (unpaired) electrons. The van der Waals surface area contributed by atoms with Gasteiger partial charge in [0.2, 0.25) is 5.91 Å². The summed E-state index contributed by atoms with van der Waals surface area (Å²) in [6, 6.07) is 7.39. The minimum absolute atomic E-state index is 0.231. The van der Waals surface area contributed by atoms with Gasteiger partial charge in [-0.3, -0.25) is 4.79 Å². The first-order valence-corrected chi connectivity index (χ1v) is 6.36. The number of unbranched alkanes of at least 4 members (excludes halogenated alkanes) is 2. The van der Waals surface area contributed by atoms with E-state index in [4.69, 9.17) is 15.2 Å². The zero-order valence-electron chi connectivity index (χ0n) is 10.9. The average Bonchev–Trinajstić information content (AvgIpc) is 2.36. The van der Waals surface area contributed by atoms with Gasteiger partial charge in [-0.05, 0) is 30.7 Å². The summed E-state index contributed by atoms with van der Waals surface area (Å²) in [5.41, 5.74) is 5.02. The average molecular weight is 251 g/mol. The Morgan fingerprint density at radius 2 is 1.61 bits per heavy atom. The fraction of sp³-hybridized carbons (Fsp3) is 0.500. The third-order valence-corrected chi connectivity index (χ3v) is 2.46. The molecule has 1 amide bonds. The van der Waals surface area contributed by atoms with Crippen LogP contribution in [-0.2, 0) is 4.79 Å². The second-order valence-electron chi connectivity index (χ2n) is 4.09. The molecule has 0 aliphatic heterocycles. The van der Waals surface area contributed by atoms with Crippen LogP contribution in [0.25, 0.3) is 0 Å². The minimum Gasteiger partial charge on any atom is -0.494 e. The van der Waals surface area contributed by atoms with E-state index in [1.54, 1.807) is 0 Å². The molecule has 1 rings (SSSR count). The summed E-state index contributed by atoms with van der Waals surface area (Å²) < 4.78 is 10.9. The van der Waals surface area contributed by atoms with Crippen molar-refractivity contribution in [2.24, 2.45) is 5.73 Å². The molecule has 100 valence electrons. The molecule has 0 heterocycles. The predicted molar refractivity (Wildman–Crippen MR) is 70.8 cm³/mol. The van der Waals surface area contributed by atoms with E-state index < -0.39 is 0 Å². The van der Waals surface area contributed by atoms with Gasteiger partial charge in [0.05, 0.1) is 19.6 Å². The molecule has 0 spiro atoms. The Labute approximate surface area is 108 Å². The highest BCUT2D eigenvalue weighted by molar-refractivity contribution is 5.73. The van der Waals surface area contributed by atoms with Crippen LogP contribution in [0.4, 0.5) is 0 Å². The van der Waals surface area contributed by atoms with Crippen molar-refractivity contribution in [3.8, 4) is 11.5 Å². The normalized spacial score (nSPS) is 10.1. The first kappa shape index (κ1) is 14.4. The van der Waals surface area contributed by atoms with E-state index in [0.29, 0.717) is 6.61 Å². The van der Waals surface area contributed by atoms with Crippen molar-refractivity contribution in [3.05, 3.63) is 24.3 Å². The van der Waals surface area contributed by atoms with Crippen LogP contribution in [-0.4, -0.2) is 19.1 Å². The molecule has 0 saturated carbocycles. The van der Waals surface area contributed by atoms with Crippen LogP contribution in [0.15, 0.2) is 24.3 Å². The van der Waals surface area contributed by atoms with Gasteiger partial charge in [-0.25, -0.2) is 0 Å². The Balaban J connectivity index is 2.26. The lowest BCUT2D eigenvalue weighted by atomic mass is 10.3. The standard InChI is InChI=1S/C14H21NO3/c1-2-3-4-10-17-12-5-7-13(8-6-12)18-11-9-14(15)16/h5-8H,2-4,9-11H2,1H3,(H2,15,16). The largest absolute Gasteiger partial charge is 0.494 e. The van der Waals surface area contributed by atoms with E-state index in [1.165, 1.54) is 12.8 Å². The molecule has 18 heavy (non-hydrogen) atoms. The number of hydrogen-bond donors (Lipinski definition) is 1. The lowest BCUT2D eigenvalue weighted by molar-refractivity contribution is -0.118. The van der Waals surface area contributed by atoms with Gasteiger partial charge in [-0.1, -0.05) is 19.8 Å². The summed E-state index contributed by atoms with van der Waals surface area (Å²) in [5, 5.41) is 0. The second kappa shape index (κ2) is 8.39. The molecule has 0 unspecified atom stereocenters. The number of benzene rings is 1. The SMILES string of the molecule is CCCCCOc1ccc(OCCC(N)=O)cc1. The van der Waals surface area contributed by atoms with Gasteiger partial charge >= 0.3 is 0 Å². The van der Waals surface area contributed by atoms with Crippen LogP contribution in [0.2, 0.25) is 0 Å². The van der Waals surface area contributed by atoms with Crippen molar-refractivity contribution < 1.29 is 14.3 Å². The summed E-state index contributed by atoms with van der Waals surface area (Å²) in [5.74, 6) is 1.20. The maximum Gasteiger partial charge on any atom is 0.220 e. The number of carbonyl (C=O) groups excluding carboxylic acids is 1. The summed E-state index contributed by atoms with van der Waals surface area (Å²) >= 11 is 0. The molecule has 1 aromatic carbocycles. The third kappa shape index (κ3) is 6.13. The van der Waals surface area contributed by atoms with Gasteiger partial charge in [0.25, 0.3) is 0 Å². The van der Waals surface area contributed by atoms with Gasteiger partial charge in [-0.15, -0.1) is 0 Å². The number of hydrogen-bond acceptors (Lipinski definition) is 3. The molecular weight excluding hydrogens is 230 g/mol. The molecule has 4 nitrogen and oxygen atoms in total. The van der Waals surface area contributed by atoms with Crippen molar-refractivity contribution >= 4 is 5.91 Å². The van der Waals surface area contributed by atoms with Crippen molar-refractivity contribution in [2.45, 2.75) is 32.6 Å². The molecule has 0 saturated heterocycles. The zero-order chi connectivity index (χ0) is 13.2. The number of ether oxygens (including phenoxy) is 2. The van der Waals surface area contributed by atoms with E-state index in [0.717, 1.165) is 24.5 Å². The highest BCUT2D eigenvalue weighted by Gasteiger charge is 1.98. The van der Waals surface area contributed by atoms with Crippen LogP contribution >= 0.6 is 0 Å². The van der Waals surface area contributed by atoms with Gasteiger partial charge in [0, 0.05) is 0 Å². The van der Waals surface area contributed by atoms with Crippen LogP contribution < -0.4 is 15.2 Å². The highest BCUT2D eigenvalue weighted by atomic mass is 16.5. The first-order valence-electron chi connectivity index (χ1n) is 6.36. The van der Waals surface area contributed by atoms with Crippen LogP contribution in [0.1, 0.15) is 32.6 Å². The second-order valence-corrected chi connectivity index (χ2v) is 4.09.